The van der Waals surface area contributed by atoms with E-state index in [0.717, 1.165) is 0 Å². The van der Waals surface area contributed by atoms with E-state index >= 15 is 0 Å². The van der Waals surface area contributed by atoms with Crippen molar-refractivity contribution in [1.82, 2.24) is 4.57 Å². The van der Waals surface area contributed by atoms with Gasteiger partial charge < -0.3 is 9.38 Å². The molecule has 7 aromatic carbocycles. The van der Waals surface area contributed by atoms with Crippen LogP contribution >= 0.6 is 11.3 Å². The van der Waals surface area contributed by atoms with Crippen LogP contribution in [0.2, 0.25) is 0 Å². The molecule has 2 aliphatic rings. The topological polar surface area (TPSA) is 8.17 Å². The molecular weight excluding hydrogens is 575 g/mol. The molecule has 0 atom stereocenters. The van der Waals surface area contributed by atoms with Gasteiger partial charge in [0.25, 0.3) is 0 Å². The smallest absolute Gasteiger partial charge is 0.329 e. The first-order valence-electron chi connectivity index (χ1n) is 15.9. The van der Waals surface area contributed by atoms with Gasteiger partial charge >= 0.3 is 6.85 Å². The van der Waals surface area contributed by atoms with E-state index in [1.807, 2.05) is 11.3 Å². The van der Waals surface area contributed by atoms with Gasteiger partial charge in [0.15, 0.2) is 0 Å². The third kappa shape index (κ3) is 3.07. The molecule has 2 aliphatic heterocycles. The maximum atomic E-state index is 2.61. The lowest BCUT2D eigenvalue weighted by Crippen LogP contribution is -2.59. The number of hydrogen-bond acceptors (Lipinski definition) is 2. The van der Waals surface area contributed by atoms with Gasteiger partial charge in [0.2, 0.25) is 0 Å². The molecule has 0 radical (unpaired) electrons. The van der Waals surface area contributed by atoms with Gasteiger partial charge in [0.1, 0.15) is 0 Å². The van der Waals surface area contributed by atoms with Crippen LogP contribution in [0.4, 0.5) is 11.4 Å². The second kappa shape index (κ2) is 9.00. The van der Waals surface area contributed by atoms with Crippen molar-refractivity contribution < 1.29 is 0 Å². The predicted molar refractivity (Wildman–Crippen MR) is 198 cm³/mol. The van der Waals surface area contributed by atoms with Crippen LogP contribution in [0.1, 0.15) is 0 Å². The standard InChI is InChI=1S/C42H25BN2S/c1-2-12-26(13-3-1)44-35-20-10-6-16-29(35)30-22-23-32-40-38(46-42(32)41(30)44)25-24-37-39(40)31-17-5-9-19-34(31)43-33-18-8-4-14-27(33)28-15-7-11-21-36(28)45(37)43/h1-25H. The van der Waals surface area contributed by atoms with Crippen LogP contribution in [-0.2, 0) is 0 Å². The van der Waals surface area contributed by atoms with E-state index in [4.69, 9.17) is 0 Å². The van der Waals surface area contributed by atoms with Gasteiger partial charge in [-0.15, -0.1) is 11.3 Å². The van der Waals surface area contributed by atoms with Crippen molar-refractivity contribution in [3.8, 4) is 27.9 Å². The molecule has 4 heteroatoms. The molecule has 0 saturated heterocycles. The lowest BCUT2D eigenvalue weighted by atomic mass is 9.43. The van der Waals surface area contributed by atoms with Crippen LogP contribution in [-0.4, -0.2) is 11.4 Å². The van der Waals surface area contributed by atoms with Crippen molar-refractivity contribution in [3.63, 3.8) is 0 Å². The number of anilines is 2. The third-order valence-corrected chi connectivity index (χ3v) is 11.4. The van der Waals surface area contributed by atoms with Crippen molar-refractivity contribution in [2.24, 2.45) is 0 Å². The number of rotatable bonds is 1. The summed E-state index contributed by atoms with van der Waals surface area (Å²) >= 11 is 1.93. The second-order valence-electron chi connectivity index (χ2n) is 12.4. The largest absolute Gasteiger partial charge is 0.376 e. The van der Waals surface area contributed by atoms with E-state index in [1.165, 1.54) is 92.2 Å². The Morgan fingerprint density at radius 1 is 0.478 bits per heavy atom. The second-order valence-corrected chi connectivity index (χ2v) is 13.5. The maximum Gasteiger partial charge on any atom is 0.329 e. The number of benzene rings is 7. The summed E-state index contributed by atoms with van der Waals surface area (Å²) < 4.78 is 5.13. The molecule has 9 aromatic rings. The minimum absolute atomic E-state index is 0.115. The summed E-state index contributed by atoms with van der Waals surface area (Å²) in [5.41, 5.74) is 14.3. The first-order valence-corrected chi connectivity index (χ1v) is 16.7. The Morgan fingerprint density at radius 2 is 1.15 bits per heavy atom. The fourth-order valence-electron chi connectivity index (χ4n) is 8.39. The number of nitrogens with zero attached hydrogens (tertiary/aromatic N) is 2. The predicted octanol–water partition coefficient (Wildman–Crippen LogP) is 10.1. The molecule has 0 spiro atoms. The average molecular weight is 601 g/mol. The lowest BCUT2D eigenvalue weighted by molar-refractivity contribution is 1.19. The van der Waals surface area contributed by atoms with Gasteiger partial charge in [-0.2, -0.15) is 0 Å². The number of fused-ring (bicyclic) bond motifs is 19. The van der Waals surface area contributed by atoms with Crippen LogP contribution in [0.5, 0.6) is 0 Å². The number of aromatic nitrogens is 1. The fraction of sp³-hybridized carbons (Fsp3) is 0. The SMILES string of the molecule is c1ccc(-n2c3ccccc3c3ccc4c(sc5ccc6c(c54)-c4ccccc4B4c5ccccc5-c5ccccc5N46)c32)cc1. The normalized spacial score (nSPS) is 13.1. The minimum Gasteiger partial charge on any atom is -0.376 e. The van der Waals surface area contributed by atoms with Crippen molar-refractivity contribution >= 4 is 82.5 Å². The summed E-state index contributed by atoms with van der Waals surface area (Å²) in [6.07, 6.45) is 0. The zero-order chi connectivity index (χ0) is 29.9. The van der Waals surface area contributed by atoms with E-state index in [1.54, 1.807) is 0 Å². The summed E-state index contributed by atoms with van der Waals surface area (Å²) in [5.74, 6) is 0. The molecule has 212 valence electrons. The zero-order valence-corrected chi connectivity index (χ0v) is 25.6. The number of para-hydroxylation sites is 3. The van der Waals surface area contributed by atoms with E-state index in [9.17, 15) is 0 Å². The average Bonchev–Trinajstić information content (AvgIpc) is 3.68. The van der Waals surface area contributed by atoms with Crippen molar-refractivity contribution in [2.45, 2.75) is 0 Å². The van der Waals surface area contributed by atoms with Gasteiger partial charge in [0.05, 0.1) is 15.7 Å². The molecule has 0 bridgehead atoms. The Labute approximate surface area is 270 Å². The van der Waals surface area contributed by atoms with Crippen molar-refractivity contribution in [1.29, 1.82) is 0 Å². The Kier molecular flexibility index (Phi) is 4.83. The van der Waals surface area contributed by atoms with E-state index < -0.39 is 0 Å². The number of thiophene rings is 1. The highest BCUT2D eigenvalue weighted by Crippen LogP contribution is 2.52. The Morgan fingerprint density at radius 3 is 2.02 bits per heavy atom. The van der Waals surface area contributed by atoms with E-state index in [-0.39, 0.29) is 6.85 Å². The van der Waals surface area contributed by atoms with Crippen molar-refractivity contribution in [2.75, 3.05) is 4.81 Å². The molecule has 11 rings (SSSR count). The van der Waals surface area contributed by atoms with Crippen LogP contribution in [0, 0.1) is 0 Å². The third-order valence-electron chi connectivity index (χ3n) is 10.2. The zero-order valence-electron chi connectivity index (χ0n) is 24.8. The van der Waals surface area contributed by atoms with E-state index in [2.05, 4.69) is 161 Å². The molecular formula is C42H25BN2S. The summed E-state index contributed by atoms with van der Waals surface area (Å²) in [6, 6.07) is 56.1. The number of hydrogen-bond donors (Lipinski definition) is 0. The molecule has 4 heterocycles. The van der Waals surface area contributed by atoms with E-state index in [0.29, 0.717) is 0 Å². The highest BCUT2D eigenvalue weighted by molar-refractivity contribution is 7.26. The van der Waals surface area contributed by atoms with Gasteiger partial charge in [-0.3, -0.25) is 0 Å². The Bertz CT molecular complexity index is 2720. The van der Waals surface area contributed by atoms with Crippen LogP contribution in [0.25, 0.3) is 69.9 Å². The minimum atomic E-state index is 0.115. The monoisotopic (exact) mass is 600 g/mol. The van der Waals surface area contributed by atoms with Crippen LogP contribution in [0.3, 0.4) is 0 Å². The molecule has 0 unspecified atom stereocenters. The summed E-state index contributed by atoms with van der Waals surface area (Å²) in [7, 11) is 0. The highest BCUT2D eigenvalue weighted by Gasteiger charge is 2.42. The van der Waals surface area contributed by atoms with Crippen LogP contribution < -0.4 is 15.7 Å². The molecule has 0 amide bonds. The molecule has 0 saturated carbocycles. The van der Waals surface area contributed by atoms with Crippen LogP contribution in [0.15, 0.2) is 152 Å². The molecule has 0 aliphatic carbocycles. The fourth-order valence-corrected chi connectivity index (χ4v) is 9.64. The van der Waals surface area contributed by atoms with Gasteiger partial charge in [-0.05, 0) is 58.5 Å². The summed E-state index contributed by atoms with van der Waals surface area (Å²) in [4.78, 5) is 2.61. The molecule has 0 fully saturated rings. The Balaban J connectivity index is 1.29. The van der Waals surface area contributed by atoms with Gasteiger partial charge in [0, 0.05) is 54.4 Å². The van der Waals surface area contributed by atoms with Crippen molar-refractivity contribution in [3.05, 3.63) is 152 Å². The van der Waals surface area contributed by atoms with Gasteiger partial charge in [-0.1, -0.05) is 115 Å². The maximum absolute atomic E-state index is 2.61. The molecule has 2 aromatic heterocycles. The lowest BCUT2D eigenvalue weighted by Gasteiger charge is -2.43. The summed E-state index contributed by atoms with van der Waals surface area (Å²) in [6.45, 7) is 0.115. The first kappa shape index (κ1) is 24.7. The molecule has 2 nitrogen and oxygen atoms in total. The first-order chi connectivity index (χ1) is 22.9. The summed E-state index contributed by atoms with van der Waals surface area (Å²) in [5, 5.41) is 5.27. The van der Waals surface area contributed by atoms with Gasteiger partial charge in [-0.25, -0.2) is 0 Å². The Hall–Kier alpha value is -5.58. The quantitative estimate of drug-likeness (QED) is 0.170. The highest BCUT2D eigenvalue weighted by atomic mass is 32.1. The molecule has 0 N–H and O–H groups in total. The molecule has 46 heavy (non-hydrogen) atoms.